The summed E-state index contributed by atoms with van der Waals surface area (Å²) in [6, 6.07) is 7.02. The second-order valence-corrected chi connectivity index (χ2v) is 7.10. The Bertz CT molecular complexity index is 760. The van der Waals surface area contributed by atoms with Crippen molar-refractivity contribution >= 4 is 21.6 Å². The van der Waals surface area contributed by atoms with E-state index in [1.807, 2.05) is 32.0 Å². The molecule has 0 saturated carbocycles. The zero-order valence-electron chi connectivity index (χ0n) is 12.1. The smallest absolute Gasteiger partial charge is 0.244 e. The second-order valence-electron chi connectivity index (χ2n) is 5.01. The first-order chi connectivity index (χ1) is 9.81. The van der Waals surface area contributed by atoms with Gasteiger partial charge in [-0.05, 0) is 38.0 Å². The minimum atomic E-state index is -3.71. The summed E-state index contributed by atoms with van der Waals surface area (Å²) in [5.41, 5.74) is 3.12. The summed E-state index contributed by atoms with van der Waals surface area (Å²) in [7, 11) is -3.71. The third kappa shape index (κ3) is 3.61. The minimum absolute atomic E-state index is 0.0109. The maximum atomic E-state index is 12.4. The van der Waals surface area contributed by atoms with Gasteiger partial charge in [-0.15, -0.1) is 0 Å². The molecule has 0 saturated heterocycles. The SMILES string of the molecule is Cc1ccc(C(C)NS(=O)(=O)c2cnccc2Cl)c(C)c1. The molecule has 1 N–H and O–H groups in total. The third-order valence-corrected chi connectivity index (χ3v) is 5.26. The number of halogens is 1. The Morgan fingerprint density at radius 3 is 2.57 bits per heavy atom. The lowest BCUT2D eigenvalue weighted by Gasteiger charge is -2.17. The fraction of sp³-hybridized carbons (Fsp3) is 0.267. The number of nitrogens with zero attached hydrogens (tertiary/aromatic N) is 1. The van der Waals surface area contributed by atoms with Crippen molar-refractivity contribution in [1.29, 1.82) is 0 Å². The van der Waals surface area contributed by atoms with Gasteiger partial charge in [-0.2, -0.15) is 0 Å². The van der Waals surface area contributed by atoms with Gasteiger partial charge in [0.15, 0.2) is 0 Å². The van der Waals surface area contributed by atoms with Crippen LogP contribution < -0.4 is 4.72 Å². The van der Waals surface area contributed by atoms with Crippen molar-refractivity contribution in [3.8, 4) is 0 Å². The lowest BCUT2D eigenvalue weighted by molar-refractivity contribution is 0.566. The van der Waals surface area contributed by atoms with E-state index in [1.54, 1.807) is 6.92 Å². The third-order valence-electron chi connectivity index (χ3n) is 3.25. The molecule has 1 unspecified atom stereocenters. The highest BCUT2D eigenvalue weighted by Crippen LogP contribution is 2.24. The summed E-state index contributed by atoms with van der Waals surface area (Å²) in [5, 5.41) is 0.158. The van der Waals surface area contributed by atoms with E-state index in [4.69, 9.17) is 11.6 Å². The molecule has 0 spiro atoms. The molecule has 1 atom stereocenters. The molecule has 0 aliphatic heterocycles. The van der Waals surface area contributed by atoms with E-state index < -0.39 is 10.0 Å². The van der Waals surface area contributed by atoms with Crippen LogP contribution in [0, 0.1) is 13.8 Å². The van der Waals surface area contributed by atoms with E-state index >= 15 is 0 Å². The highest BCUT2D eigenvalue weighted by molar-refractivity contribution is 7.89. The standard InChI is InChI=1S/C15H17ClN2O2S/c1-10-4-5-13(11(2)8-10)12(3)18-21(19,20)15-9-17-7-6-14(15)16/h4-9,12,18H,1-3H3. The second kappa shape index (κ2) is 6.13. The van der Waals surface area contributed by atoms with Gasteiger partial charge in [0.25, 0.3) is 0 Å². The predicted molar refractivity (Wildman–Crippen MR) is 83.9 cm³/mol. The largest absolute Gasteiger partial charge is 0.263 e. The molecule has 6 heteroatoms. The summed E-state index contributed by atoms with van der Waals surface area (Å²) in [6.45, 7) is 5.77. The van der Waals surface area contributed by atoms with Crippen LogP contribution in [0.1, 0.15) is 29.7 Å². The molecule has 0 bridgehead atoms. The summed E-state index contributed by atoms with van der Waals surface area (Å²) in [4.78, 5) is 3.81. The van der Waals surface area contributed by atoms with Crippen molar-refractivity contribution in [3.05, 3.63) is 58.4 Å². The van der Waals surface area contributed by atoms with Crippen LogP contribution >= 0.6 is 11.6 Å². The highest BCUT2D eigenvalue weighted by atomic mass is 35.5. The summed E-state index contributed by atoms with van der Waals surface area (Å²) in [5.74, 6) is 0. The lowest BCUT2D eigenvalue weighted by Crippen LogP contribution is -2.27. The molecule has 0 radical (unpaired) electrons. The Morgan fingerprint density at radius 2 is 1.95 bits per heavy atom. The number of nitrogens with one attached hydrogen (secondary N) is 1. The van der Waals surface area contributed by atoms with Crippen LogP contribution in [0.15, 0.2) is 41.6 Å². The van der Waals surface area contributed by atoms with Gasteiger partial charge in [-0.1, -0.05) is 35.4 Å². The van der Waals surface area contributed by atoms with Gasteiger partial charge in [-0.25, -0.2) is 13.1 Å². The van der Waals surface area contributed by atoms with Crippen molar-refractivity contribution < 1.29 is 8.42 Å². The molecule has 2 rings (SSSR count). The Labute approximate surface area is 130 Å². The molecule has 112 valence electrons. The van der Waals surface area contributed by atoms with Gasteiger partial charge < -0.3 is 0 Å². The van der Waals surface area contributed by atoms with Gasteiger partial charge in [0.05, 0.1) is 5.02 Å². The molecule has 1 heterocycles. The minimum Gasteiger partial charge on any atom is -0.263 e. The Morgan fingerprint density at radius 1 is 1.24 bits per heavy atom. The molecule has 4 nitrogen and oxygen atoms in total. The summed E-state index contributed by atoms with van der Waals surface area (Å²) >= 11 is 5.93. The van der Waals surface area contributed by atoms with E-state index in [2.05, 4.69) is 9.71 Å². The van der Waals surface area contributed by atoms with E-state index in [1.165, 1.54) is 18.5 Å². The first-order valence-electron chi connectivity index (χ1n) is 6.50. The van der Waals surface area contributed by atoms with Gasteiger partial charge in [0.1, 0.15) is 4.90 Å². The molecule has 0 amide bonds. The Kier molecular flexibility index (Phi) is 4.66. The Hall–Kier alpha value is -1.43. The first-order valence-corrected chi connectivity index (χ1v) is 8.36. The van der Waals surface area contributed by atoms with Crippen molar-refractivity contribution in [1.82, 2.24) is 9.71 Å². The fourth-order valence-corrected chi connectivity index (χ4v) is 3.89. The maximum Gasteiger partial charge on any atom is 0.244 e. The van der Waals surface area contributed by atoms with Crippen molar-refractivity contribution in [3.63, 3.8) is 0 Å². The molecular formula is C15H17ClN2O2S. The number of aryl methyl sites for hydroxylation is 2. The molecule has 0 aliphatic carbocycles. The zero-order chi connectivity index (χ0) is 15.6. The van der Waals surface area contributed by atoms with Crippen LogP contribution in [0.25, 0.3) is 0 Å². The number of sulfonamides is 1. The Balaban J connectivity index is 2.30. The fourth-order valence-electron chi connectivity index (χ4n) is 2.23. The molecule has 21 heavy (non-hydrogen) atoms. The van der Waals surface area contributed by atoms with Gasteiger partial charge >= 0.3 is 0 Å². The normalized spacial score (nSPS) is 13.1. The van der Waals surface area contributed by atoms with E-state index in [-0.39, 0.29) is 16.0 Å². The highest BCUT2D eigenvalue weighted by Gasteiger charge is 2.22. The molecule has 1 aromatic carbocycles. The van der Waals surface area contributed by atoms with Crippen LogP contribution in [0.4, 0.5) is 0 Å². The number of benzene rings is 1. The van der Waals surface area contributed by atoms with Crippen LogP contribution in [-0.2, 0) is 10.0 Å². The van der Waals surface area contributed by atoms with Crippen LogP contribution in [0.3, 0.4) is 0 Å². The van der Waals surface area contributed by atoms with Crippen molar-refractivity contribution in [2.75, 3.05) is 0 Å². The lowest BCUT2D eigenvalue weighted by atomic mass is 10.0. The van der Waals surface area contributed by atoms with E-state index in [9.17, 15) is 8.42 Å². The van der Waals surface area contributed by atoms with Crippen LogP contribution in [0.2, 0.25) is 5.02 Å². The average Bonchev–Trinajstić information content (AvgIpc) is 2.38. The monoisotopic (exact) mass is 324 g/mol. The van der Waals surface area contributed by atoms with Gasteiger partial charge in [0, 0.05) is 18.4 Å². The van der Waals surface area contributed by atoms with Crippen molar-refractivity contribution in [2.45, 2.75) is 31.7 Å². The van der Waals surface area contributed by atoms with E-state index in [0.717, 1.165) is 16.7 Å². The molecular weight excluding hydrogens is 308 g/mol. The summed E-state index contributed by atoms with van der Waals surface area (Å²) in [6.07, 6.45) is 2.70. The zero-order valence-corrected chi connectivity index (χ0v) is 13.7. The average molecular weight is 325 g/mol. The number of hydrogen-bond acceptors (Lipinski definition) is 3. The summed E-state index contributed by atoms with van der Waals surface area (Å²) < 4.78 is 27.4. The topological polar surface area (TPSA) is 59.1 Å². The number of hydrogen-bond donors (Lipinski definition) is 1. The van der Waals surface area contributed by atoms with Gasteiger partial charge in [0.2, 0.25) is 10.0 Å². The molecule has 1 aromatic heterocycles. The number of aromatic nitrogens is 1. The van der Waals surface area contributed by atoms with E-state index in [0.29, 0.717) is 0 Å². The van der Waals surface area contributed by atoms with Crippen molar-refractivity contribution in [2.24, 2.45) is 0 Å². The van der Waals surface area contributed by atoms with Gasteiger partial charge in [-0.3, -0.25) is 4.98 Å². The number of pyridine rings is 1. The molecule has 2 aromatic rings. The molecule has 0 aliphatic rings. The quantitative estimate of drug-likeness (QED) is 0.937. The van der Waals surface area contributed by atoms with Crippen LogP contribution in [0.5, 0.6) is 0 Å². The molecule has 0 fully saturated rings. The number of rotatable bonds is 4. The first kappa shape index (κ1) is 15.9. The predicted octanol–water partition coefficient (Wildman–Crippen LogP) is 3.39. The maximum absolute atomic E-state index is 12.4. The van der Waals surface area contributed by atoms with Crippen LogP contribution in [-0.4, -0.2) is 13.4 Å².